The maximum atomic E-state index is 11.7. The summed E-state index contributed by atoms with van der Waals surface area (Å²) in [4.78, 5) is 24.9. The van der Waals surface area contributed by atoms with Crippen LogP contribution in [0.1, 0.15) is 17.3 Å². The average molecular weight is 385 g/mol. The molecule has 144 valence electrons. The van der Waals surface area contributed by atoms with Crippen molar-refractivity contribution in [3.8, 4) is 0 Å². The van der Waals surface area contributed by atoms with Gasteiger partial charge in [-0.3, -0.25) is 4.98 Å². The summed E-state index contributed by atoms with van der Waals surface area (Å²) < 4.78 is 4.99. The molecule has 2 aromatic heterocycles. The van der Waals surface area contributed by atoms with Crippen LogP contribution < -0.4 is 10.6 Å². The summed E-state index contributed by atoms with van der Waals surface area (Å²) in [5.41, 5.74) is 3.00. The van der Waals surface area contributed by atoms with Crippen LogP contribution in [-0.2, 0) is 4.74 Å². The molecular weight excluding hydrogens is 366 g/mol. The zero-order chi connectivity index (χ0) is 20.1. The minimum Gasteiger partial charge on any atom is -0.462 e. The van der Waals surface area contributed by atoms with E-state index in [1.807, 2.05) is 30.3 Å². The number of pyridine rings is 1. The van der Waals surface area contributed by atoms with E-state index in [0.29, 0.717) is 23.9 Å². The van der Waals surface area contributed by atoms with Crippen molar-refractivity contribution in [2.24, 2.45) is 0 Å². The van der Waals surface area contributed by atoms with Crippen molar-refractivity contribution in [2.75, 3.05) is 17.2 Å². The van der Waals surface area contributed by atoms with Gasteiger partial charge in [-0.2, -0.15) is 4.98 Å². The predicted molar refractivity (Wildman–Crippen MR) is 113 cm³/mol. The second kappa shape index (κ2) is 8.35. The molecule has 0 aliphatic rings. The summed E-state index contributed by atoms with van der Waals surface area (Å²) in [5, 5.41) is 7.48. The van der Waals surface area contributed by atoms with E-state index in [0.717, 1.165) is 22.3 Å². The van der Waals surface area contributed by atoms with E-state index in [1.54, 1.807) is 49.6 Å². The third kappa shape index (κ3) is 4.30. The number of carbonyl (C=O) groups is 1. The monoisotopic (exact) mass is 385 g/mol. The first-order valence-corrected chi connectivity index (χ1v) is 9.21. The Labute approximate surface area is 167 Å². The number of hydrogen-bond acceptors (Lipinski definition) is 7. The molecule has 29 heavy (non-hydrogen) atoms. The molecule has 0 saturated carbocycles. The van der Waals surface area contributed by atoms with Crippen molar-refractivity contribution in [2.45, 2.75) is 6.92 Å². The Bertz CT molecular complexity index is 1140. The molecule has 0 aliphatic heterocycles. The van der Waals surface area contributed by atoms with Crippen LogP contribution in [0.2, 0.25) is 0 Å². The molecule has 0 unspecified atom stereocenters. The number of ether oxygens (including phenoxy) is 1. The lowest BCUT2D eigenvalue weighted by molar-refractivity contribution is 0.0526. The zero-order valence-corrected chi connectivity index (χ0v) is 15.8. The standard InChI is InChI=1S/C22H19N5O2/c1-2-29-21(28)16-8-10-17(11-9-16)25-22-24-14-12-19(27-22)26-18-7-3-5-15-6-4-13-23-20(15)18/h3-14H,2H2,1H3,(H2,24,25,26,27). The normalized spacial score (nSPS) is 10.5. The van der Waals surface area contributed by atoms with E-state index in [4.69, 9.17) is 4.74 Å². The molecule has 7 heteroatoms. The first-order chi connectivity index (χ1) is 14.2. The summed E-state index contributed by atoms with van der Waals surface area (Å²) in [6.07, 6.45) is 3.43. The Balaban J connectivity index is 1.51. The molecule has 0 bridgehead atoms. The third-order valence-corrected chi connectivity index (χ3v) is 4.20. The number of benzene rings is 2. The third-order valence-electron chi connectivity index (χ3n) is 4.20. The van der Waals surface area contributed by atoms with Gasteiger partial charge in [0.2, 0.25) is 5.95 Å². The molecule has 0 aliphatic carbocycles. The molecule has 0 fully saturated rings. The van der Waals surface area contributed by atoms with Gasteiger partial charge in [-0.05, 0) is 49.4 Å². The molecule has 2 aromatic carbocycles. The van der Waals surface area contributed by atoms with Gasteiger partial charge in [0.05, 0.1) is 23.4 Å². The molecule has 4 rings (SSSR count). The van der Waals surface area contributed by atoms with Crippen LogP contribution in [0, 0.1) is 0 Å². The Morgan fingerprint density at radius 2 is 1.76 bits per heavy atom. The number of aromatic nitrogens is 3. The second-order valence-corrected chi connectivity index (χ2v) is 6.19. The highest BCUT2D eigenvalue weighted by Gasteiger charge is 2.07. The fraction of sp³-hybridized carbons (Fsp3) is 0.0909. The number of carbonyl (C=O) groups excluding carboxylic acids is 1. The minimum absolute atomic E-state index is 0.342. The average Bonchev–Trinajstić information content (AvgIpc) is 2.75. The number of rotatable bonds is 6. The first kappa shape index (κ1) is 18.4. The van der Waals surface area contributed by atoms with E-state index in [-0.39, 0.29) is 5.97 Å². The van der Waals surface area contributed by atoms with Crippen LogP contribution in [0.25, 0.3) is 10.9 Å². The van der Waals surface area contributed by atoms with Crippen LogP contribution in [0.5, 0.6) is 0 Å². The van der Waals surface area contributed by atoms with Gasteiger partial charge in [0.25, 0.3) is 0 Å². The van der Waals surface area contributed by atoms with Gasteiger partial charge in [-0.1, -0.05) is 18.2 Å². The SMILES string of the molecule is CCOC(=O)c1ccc(Nc2nccc(Nc3cccc4cccnc34)n2)cc1. The number of nitrogens with one attached hydrogen (secondary N) is 2. The van der Waals surface area contributed by atoms with Crippen LogP contribution in [-0.4, -0.2) is 27.5 Å². The number of nitrogens with zero attached hydrogens (tertiary/aromatic N) is 3. The highest BCUT2D eigenvalue weighted by atomic mass is 16.5. The van der Waals surface area contributed by atoms with Crippen molar-refractivity contribution >= 4 is 40.0 Å². The smallest absolute Gasteiger partial charge is 0.338 e. The quantitative estimate of drug-likeness (QED) is 0.466. The summed E-state index contributed by atoms with van der Waals surface area (Å²) in [6.45, 7) is 2.12. The predicted octanol–water partition coefficient (Wildman–Crippen LogP) is 4.69. The molecule has 0 amide bonds. The second-order valence-electron chi connectivity index (χ2n) is 6.19. The Morgan fingerprint density at radius 1 is 0.931 bits per heavy atom. The summed E-state index contributed by atoms with van der Waals surface area (Å²) in [7, 11) is 0. The maximum absolute atomic E-state index is 11.7. The van der Waals surface area contributed by atoms with Gasteiger partial charge in [0.1, 0.15) is 5.82 Å². The minimum atomic E-state index is -0.342. The van der Waals surface area contributed by atoms with Crippen LogP contribution in [0.4, 0.5) is 23.1 Å². The molecule has 0 atom stereocenters. The zero-order valence-electron chi connectivity index (χ0n) is 15.8. The van der Waals surface area contributed by atoms with Gasteiger partial charge < -0.3 is 15.4 Å². The Morgan fingerprint density at radius 3 is 2.59 bits per heavy atom. The molecule has 2 N–H and O–H groups in total. The van der Waals surface area contributed by atoms with Gasteiger partial charge in [-0.25, -0.2) is 9.78 Å². The molecule has 2 heterocycles. The number of fused-ring (bicyclic) bond motifs is 1. The van der Waals surface area contributed by atoms with Gasteiger partial charge >= 0.3 is 5.97 Å². The first-order valence-electron chi connectivity index (χ1n) is 9.21. The van der Waals surface area contributed by atoms with E-state index in [9.17, 15) is 4.79 Å². The number of para-hydroxylation sites is 1. The van der Waals surface area contributed by atoms with Crippen LogP contribution in [0.15, 0.2) is 73.1 Å². The number of hydrogen-bond donors (Lipinski definition) is 2. The lowest BCUT2D eigenvalue weighted by Gasteiger charge is -2.10. The molecule has 0 saturated heterocycles. The lowest BCUT2D eigenvalue weighted by atomic mass is 10.2. The van der Waals surface area contributed by atoms with E-state index in [2.05, 4.69) is 25.6 Å². The topological polar surface area (TPSA) is 89.0 Å². The summed E-state index contributed by atoms with van der Waals surface area (Å²) >= 11 is 0. The van der Waals surface area contributed by atoms with Crippen molar-refractivity contribution in [1.82, 2.24) is 15.0 Å². The van der Waals surface area contributed by atoms with Crippen LogP contribution in [0.3, 0.4) is 0 Å². The van der Waals surface area contributed by atoms with Crippen molar-refractivity contribution < 1.29 is 9.53 Å². The highest BCUT2D eigenvalue weighted by molar-refractivity contribution is 5.91. The Hall–Kier alpha value is -4.00. The van der Waals surface area contributed by atoms with Crippen molar-refractivity contribution in [1.29, 1.82) is 0 Å². The highest BCUT2D eigenvalue weighted by Crippen LogP contribution is 2.24. The number of esters is 1. The molecule has 4 aromatic rings. The molecule has 0 radical (unpaired) electrons. The van der Waals surface area contributed by atoms with Gasteiger partial charge in [0.15, 0.2) is 0 Å². The maximum Gasteiger partial charge on any atom is 0.338 e. The van der Waals surface area contributed by atoms with Gasteiger partial charge in [0, 0.05) is 23.5 Å². The Kier molecular flexibility index (Phi) is 5.29. The van der Waals surface area contributed by atoms with E-state index in [1.165, 1.54) is 0 Å². The van der Waals surface area contributed by atoms with E-state index >= 15 is 0 Å². The lowest BCUT2D eigenvalue weighted by Crippen LogP contribution is -2.05. The molecule has 0 spiro atoms. The summed E-state index contributed by atoms with van der Waals surface area (Å²) in [5.74, 6) is 0.737. The fourth-order valence-corrected chi connectivity index (χ4v) is 2.86. The van der Waals surface area contributed by atoms with E-state index < -0.39 is 0 Å². The molecule has 7 nitrogen and oxygen atoms in total. The van der Waals surface area contributed by atoms with Crippen LogP contribution >= 0.6 is 0 Å². The van der Waals surface area contributed by atoms with Crippen molar-refractivity contribution in [3.05, 3.63) is 78.6 Å². The largest absolute Gasteiger partial charge is 0.462 e. The fourth-order valence-electron chi connectivity index (χ4n) is 2.86. The summed E-state index contributed by atoms with van der Waals surface area (Å²) in [6, 6.07) is 18.6. The van der Waals surface area contributed by atoms with Gasteiger partial charge in [-0.15, -0.1) is 0 Å². The number of anilines is 4. The molecular formula is C22H19N5O2. The van der Waals surface area contributed by atoms with Crippen molar-refractivity contribution in [3.63, 3.8) is 0 Å².